The van der Waals surface area contributed by atoms with Crippen molar-refractivity contribution in [3.8, 4) is 0 Å². The van der Waals surface area contributed by atoms with Crippen LogP contribution >= 0.6 is 0 Å². The predicted octanol–water partition coefficient (Wildman–Crippen LogP) is 3.68. The second-order valence-electron chi connectivity index (χ2n) is 6.94. The van der Waals surface area contributed by atoms with Crippen LogP contribution in [0.1, 0.15) is 38.3 Å². The van der Waals surface area contributed by atoms with Gasteiger partial charge >= 0.3 is 5.97 Å². The van der Waals surface area contributed by atoms with E-state index in [0.29, 0.717) is 0 Å². The first-order chi connectivity index (χ1) is 11.1. The Morgan fingerprint density at radius 1 is 1.39 bits per heavy atom. The zero-order chi connectivity index (χ0) is 16.3. The van der Waals surface area contributed by atoms with E-state index in [4.69, 9.17) is 5.11 Å². The molecule has 0 amide bonds. The van der Waals surface area contributed by atoms with E-state index in [1.165, 1.54) is 23.0 Å². The molecule has 0 radical (unpaired) electrons. The fourth-order valence-corrected chi connectivity index (χ4v) is 3.97. The van der Waals surface area contributed by atoms with E-state index in [9.17, 15) is 4.79 Å². The first kappa shape index (κ1) is 16.1. The number of fused-ring (bicyclic) bond motifs is 1. The minimum Gasteiger partial charge on any atom is -0.480 e. The number of aliphatic carboxylic acids is 1. The Hall–Kier alpha value is -1.81. The largest absolute Gasteiger partial charge is 0.480 e. The van der Waals surface area contributed by atoms with E-state index < -0.39 is 5.97 Å². The van der Waals surface area contributed by atoms with Crippen LogP contribution in [0.4, 0.5) is 0 Å². The Morgan fingerprint density at radius 3 is 2.96 bits per heavy atom. The van der Waals surface area contributed by atoms with Crippen LogP contribution in [0.25, 0.3) is 10.9 Å². The molecule has 1 unspecified atom stereocenters. The van der Waals surface area contributed by atoms with Gasteiger partial charge in [0.25, 0.3) is 0 Å². The third-order valence-electron chi connectivity index (χ3n) is 5.36. The molecule has 0 bridgehead atoms. The van der Waals surface area contributed by atoms with Crippen LogP contribution in [0, 0.1) is 5.41 Å². The number of carbonyl (C=O) groups is 1. The third-order valence-corrected chi connectivity index (χ3v) is 5.36. The van der Waals surface area contributed by atoms with Crippen molar-refractivity contribution in [1.82, 2.24) is 9.88 Å². The van der Waals surface area contributed by atoms with E-state index in [1.54, 1.807) is 0 Å². The lowest BCUT2D eigenvalue weighted by molar-refractivity contribution is -0.139. The highest BCUT2D eigenvalue weighted by Gasteiger charge is 2.34. The van der Waals surface area contributed by atoms with Crippen LogP contribution in [0.5, 0.6) is 0 Å². The van der Waals surface area contributed by atoms with Gasteiger partial charge in [-0.25, -0.2) is 0 Å². The standard InChI is InChI=1S/C19H26N2O2/c1-2-19(9-5-11-21(14-19)13-18(22)23)10-8-16-12-15-6-3-4-7-17(15)20-16/h3-4,6-7,12,20H,2,5,8-11,13-14H2,1H3,(H,22,23). The fourth-order valence-electron chi connectivity index (χ4n) is 3.97. The highest BCUT2D eigenvalue weighted by molar-refractivity contribution is 5.80. The maximum absolute atomic E-state index is 11.0. The average molecular weight is 314 g/mol. The number of para-hydroxylation sites is 1. The van der Waals surface area contributed by atoms with E-state index in [1.807, 2.05) is 0 Å². The smallest absolute Gasteiger partial charge is 0.317 e. The summed E-state index contributed by atoms with van der Waals surface area (Å²) in [6, 6.07) is 10.6. The summed E-state index contributed by atoms with van der Waals surface area (Å²) < 4.78 is 0. The summed E-state index contributed by atoms with van der Waals surface area (Å²) in [6.07, 6.45) is 5.58. The highest BCUT2D eigenvalue weighted by atomic mass is 16.4. The van der Waals surface area contributed by atoms with Crippen molar-refractivity contribution >= 4 is 16.9 Å². The normalized spacial score (nSPS) is 22.5. The molecule has 2 heterocycles. The predicted molar refractivity (Wildman–Crippen MR) is 92.7 cm³/mol. The van der Waals surface area contributed by atoms with Gasteiger partial charge in [0.15, 0.2) is 0 Å². The third kappa shape index (κ3) is 3.75. The van der Waals surface area contributed by atoms with Crippen LogP contribution < -0.4 is 0 Å². The molecule has 3 rings (SSSR count). The van der Waals surface area contributed by atoms with Gasteiger partial charge in [-0.15, -0.1) is 0 Å². The van der Waals surface area contributed by atoms with Gasteiger partial charge in [-0.1, -0.05) is 25.1 Å². The van der Waals surface area contributed by atoms with Crippen molar-refractivity contribution in [2.75, 3.05) is 19.6 Å². The van der Waals surface area contributed by atoms with E-state index in [2.05, 4.69) is 47.1 Å². The lowest BCUT2D eigenvalue weighted by atomic mass is 9.74. The molecule has 1 fully saturated rings. The summed E-state index contributed by atoms with van der Waals surface area (Å²) in [4.78, 5) is 16.6. The minimum atomic E-state index is -0.715. The Morgan fingerprint density at radius 2 is 2.22 bits per heavy atom. The van der Waals surface area contributed by atoms with Gasteiger partial charge < -0.3 is 10.1 Å². The summed E-state index contributed by atoms with van der Waals surface area (Å²) in [6.45, 7) is 4.25. The number of H-pyrrole nitrogens is 1. The SMILES string of the molecule is CCC1(CCc2cc3ccccc3[nH]2)CCCN(CC(=O)O)C1. The molecule has 2 N–H and O–H groups in total. The second-order valence-corrected chi connectivity index (χ2v) is 6.94. The van der Waals surface area contributed by atoms with E-state index >= 15 is 0 Å². The molecule has 1 saturated heterocycles. The van der Waals surface area contributed by atoms with Gasteiger partial charge in [-0.3, -0.25) is 9.69 Å². The maximum atomic E-state index is 11.0. The number of benzene rings is 1. The number of carboxylic acid groups (broad SMARTS) is 1. The van der Waals surface area contributed by atoms with Gasteiger partial charge in [-0.2, -0.15) is 0 Å². The number of aromatic amines is 1. The number of nitrogens with zero attached hydrogens (tertiary/aromatic N) is 1. The van der Waals surface area contributed by atoms with Gasteiger partial charge in [0.1, 0.15) is 0 Å². The molecule has 1 aliphatic rings. The molecule has 0 aliphatic carbocycles. The molecular formula is C19H26N2O2. The first-order valence-corrected chi connectivity index (χ1v) is 8.61. The van der Waals surface area contributed by atoms with Crippen LogP contribution in [0.2, 0.25) is 0 Å². The Labute approximate surface area is 137 Å². The van der Waals surface area contributed by atoms with Crippen LogP contribution in [-0.2, 0) is 11.2 Å². The molecular weight excluding hydrogens is 288 g/mol. The number of hydrogen-bond acceptors (Lipinski definition) is 2. The number of hydrogen-bond donors (Lipinski definition) is 2. The van der Waals surface area contributed by atoms with Crippen LogP contribution in [-0.4, -0.2) is 40.6 Å². The molecule has 1 aromatic carbocycles. The number of likely N-dealkylation sites (tertiary alicyclic amines) is 1. The zero-order valence-electron chi connectivity index (χ0n) is 13.8. The van der Waals surface area contributed by atoms with Crippen LogP contribution in [0.15, 0.2) is 30.3 Å². The summed E-state index contributed by atoms with van der Waals surface area (Å²) in [5.74, 6) is -0.715. The van der Waals surface area contributed by atoms with Gasteiger partial charge in [0.2, 0.25) is 0 Å². The van der Waals surface area contributed by atoms with Crippen molar-refractivity contribution in [1.29, 1.82) is 0 Å². The molecule has 4 nitrogen and oxygen atoms in total. The molecule has 0 saturated carbocycles. The summed E-state index contributed by atoms with van der Waals surface area (Å²) in [7, 11) is 0. The minimum absolute atomic E-state index is 0.175. The van der Waals surface area contributed by atoms with Crippen molar-refractivity contribution in [3.63, 3.8) is 0 Å². The monoisotopic (exact) mass is 314 g/mol. The van der Waals surface area contributed by atoms with Crippen molar-refractivity contribution < 1.29 is 9.90 Å². The number of aryl methyl sites for hydroxylation is 1. The molecule has 1 atom stereocenters. The maximum Gasteiger partial charge on any atom is 0.317 e. The second kappa shape index (κ2) is 6.75. The lowest BCUT2D eigenvalue weighted by Crippen LogP contribution is -2.45. The summed E-state index contributed by atoms with van der Waals surface area (Å²) >= 11 is 0. The average Bonchev–Trinajstić information content (AvgIpc) is 2.96. The summed E-state index contributed by atoms with van der Waals surface area (Å²) in [5, 5.41) is 10.3. The van der Waals surface area contributed by atoms with E-state index in [0.717, 1.165) is 38.8 Å². The Bertz CT molecular complexity index is 646. The Balaban J connectivity index is 1.67. The molecule has 23 heavy (non-hydrogen) atoms. The van der Waals surface area contributed by atoms with Crippen molar-refractivity contribution in [3.05, 3.63) is 36.0 Å². The number of piperidine rings is 1. The summed E-state index contributed by atoms with van der Waals surface area (Å²) in [5.41, 5.74) is 2.74. The first-order valence-electron chi connectivity index (χ1n) is 8.61. The topological polar surface area (TPSA) is 56.3 Å². The van der Waals surface area contributed by atoms with Crippen molar-refractivity contribution in [2.45, 2.75) is 39.0 Å². The zero-order valence-corrected chi connectivity index (χ0v) is 13.8. The molecule has 1 aliphatic heterocycles. The number of carboxylic acids is 1. The number of nitrogens with one attached hydrogen (secondary N) is 1. The quantitative estimate of drug-likeness (QED) is 0.855. The molecule has 124 valence electrons. The highest BCUT2D eigenvalue weighted by Crippen LogP contribution is 2.37. The van der Waals surface area contributed by atoms with Crippen molar-refractivity contribution in [2.24, 2.45) is 5.41 Å². The molecule has 2 aromatic rings. The molecule has 1 aromatic heterocycles. The van der Waals surface area contributed by atoms with Gasteiger partial charge in [0.05, 0.1) is 6.54 Å². The number of aromatic nitrogens is 1. The van der Waals surface area contributed by atoms with E-state index in [-0.39, 0.29) is 12.0 Å². The van der Waals surface area contributed by atoms with Crippen LogP contribution in [0.3, 0.4) is 0 Å². The number of rotatable bonds is 6. The van der Waals surface area contributed by atoms with Gasteiger partial charge in [-0.05, 0) is 61.6 Å². The van der Waals surface area contributed by atoms with Gasteiger partial charge in [0, 0.05) is 17.8 Å². The lowest BCUT2D eigenvalue weighted by Gasteiger charge is -2.42. The molecule has 0 spiro atoms. The fraction of sp³-hybridized carbons (Fsp3) is 0.526. The Kier molecular flexibility index (Phi) is 4.71. The molecule has 4 heteroatoms.